The number of allylic oxidation sites excluding steroid dienone is 4. The van der Waals surface area contributed by atoms with Crippen molar-refractivity contribution in [2.24, 2.45) is 40.1 Å². The highest BCUT2D eigenvalue weighted by atomic mass is 16.5. The van der Waals surface area contributed by atoms with E-state index in [2.05, 4.69) is 37.8 Å². The first-order valence-corrected chi connectivity index (χ1v) is 22.1. The molecule has 0 saturated heterocycles. The van der Waals surface area contributed by atoms with E-state index < -0.39 is 0 Å². The summed E-state index contributed by atoms with van der Waals surface area (Å²) in [5.74, 6) is 8.62. The molecule has 8 nitrogen and oxygen atoms in total. The molecule has 0 heterocycles. The highest BCUT2D eigenvalue weighted by Crippen LogP contribution is 2.59. The van der Waals surface area contributed by atoms with E-state index in [9.17, 15) is 15.0 Å². The Labute approximate surface area is 340 Å². The highest BCUT2D eigenvalue weighted by Gasteiger charge is 2.49. The quantitative estimate of drug-likeness (QED) is 0.0523. The van der Waals surface area contributed by atoms with Gasteiger partial charge in [0, 0.05) is 35.8 Å². The molecule has 2 aromatic carbocycles. The van der Waals surface area contributed by atoms with E-state index in [4.69, 9.17) is 25.9 Å². The maximum Gasteiger partial charge on any atom is 0.186 e. The van der Waals surface area contributed by atoms with E-state index >= 15 is 0 Å². The highest BCUT2D eigenvalue weighted by molar-refractivity contribution is 5.89. The number of nitrogens with zero attached hydrogens (tertiary/aromatic N) is 1. The third-order valence-corrected chi connectivity index (χ3v) is 13.5. The number of guanidine groups is 1. The minimum atomic E-state index is -0.227. The van der Waals surface area contributed by atoms with Crippen LogP contribution in [0.4, 0.5) is 0 Å². The van der Waals surface area contributed by atoms with E-state index in [1.165, 1.54) is 24.8 Å². The number of nitrogens with two attached hydrogens (primary N) is 2. The van der Waals surface area contributed by atoms with Gasteiger partial charge in [0.2, 0.25) is 0 Å². The number of aliphatic imine (C=N–C) groups is 1. The van der Waals surface area contributed by atoms with Crippen molar-refractivity contribution in [3.63, 3.8) is 0 Å². The van der Waals surface area contributed by atoms with Crippen molar-refractivity contribution in [1.82, 2.24) is 0 Å². The molecule has 8 heteroatoms. The number of unbranched alkanes of at least 4 members (excludes halogenated alkanes) is 1. The average molecular weight is 776 g/mol. The van der Waals surface area contributed by atoms with Gasteiger partial charge in [-0.25, -0.2) is 4.99 Å². The van der Waals surface area contributed by atoms with Crippen molar-refractivity contribution in [2.45, 2.75) is 153 Å². The molecule has 2 aromatic rings. The molecule has 306 valence electrons. The van der Waals surface area contributed by atoms with Crippen LogP contribution in [0.25, 0.3) is 0 Å². The molecule has 3 saturated carbocycles. The molecule has 0 spiro atoms. The van der Waals surface area contributed by atoms with Crippen molar-refractivity contribution < 1.29 is 24.5 Å². The number of fused-ring (bicyclic) bond motifs is 6. The zero-order valence-corrected chi connectivity index (χ0v) is 34.3. The summed E-state index contributed by atoms with van der Waals surface area (Å²) in [7, 11) is 0. The van der Waals surface area contributed by atoms with Crippen molar-refractivity contribution in [3.8, 4) is 29.1 Å². The Hall–Kier alpha value is -4.22. The number of hydrogen-bond donors (Lipinski definition) is 4. The Morgan fingerprint density at radius 3 is 2.53 bits per heavy atom. The Balaban J connectivity index is 1.43. The van der Waals surface area contributed by atoms with Gasteiger partial charge in [-0.1, -0.05) is 81.2 Å². The third kappa shape index (κ3) is 9.91. The monoisotopic (exact) mass is 775 g/mol. The lowest BCUT2D eigenvalue weighted by atomic mass is 9.55. The molecular formula is C49H65N3O5. The summed E-state index contributed by atoms with van der Waals surface area (Å²) in [6.07, 6.45) is 22.1. The SMILES string of the molecule is CCCC=CC(=O)CCc1cc(OC2CCCC2)c(O)c2c1C#CCC(N=C(N)N)CC1C=C3C(c4cccc(O)c4)CC(C)CC3C2C1COC1CCCCC1. The van der Waals surface area contributed by atoms with Crippen LogP contribution in [0.1, 0.15) is 151 Å². The fourth-order valence-electron chi connectivity index (χ4n) is 10.8. The minimum absolute atomic E-state index is 0.00485. The first-order chi connectivity index (χ1) is 27.7. The average Bonchev–Trinajstić information content (AvgIpc) is 3.71. The molecule has 3 fully saturated rings. The Kier molecular flexibility index (Phi) is 13.7. The second kappa shape index (κ2) is 19.0. The normalized spacial score (nSPS) is 27.8. The summed E-state index contributed by atoms with van der Waals surface area (Å²) >= 11 is 0. The van der Waals surface area contributed by atoms with Gasteiger partial charge in [-0.05, 0) is 130 Å². The zero-order valence-electron chi connectivity index (χ0n) is 34.3. The van der Waals surface area contributed by atoms with E-state index in [1.54, 1.807) is 12.1 Å². The van der Waals surface area contributed by atoms with Crippen molar-refractivity contribution in [1.29, 1.82) is 0 Å². The molecule has 7 unspecified atom stereocenters. The van der Waals surface area contributed by atoms with E-state index in [0.717, 1.165) is 86.5 Å². The van der Waals surface area contributed by atoms with E-state index in [1.807, 2.05) is 24.3 Å². The fraction of sp³-hybridized carbons (Fsp3) is 0.592. The van der Waals surface area contributed by atoms with E-state index in [-0.39, 0.29) is 71.1 Å². The lowest BCUT2D eigenvalue weighted by Gasteiger charge is -2.50. The lowest BCUT2D eigenvalue weighted by molar-refractivity contribution is -0.114. The summed E-state index contributed by atoms with van der Waals surface area (Å²) in [5, 5.41) is 23.5. The second-order valence-electron chi connectivity index (χ2n) is 17.7. The summed E-state index contributed by atoms with van der Waals surface area (Å²) in [6, 6.07) is 9.50. The number of ketones is 1. The third-order valence-electron chi connectivity index (χ3n) is 13.5. The number of carbonyl (C=O) groups excluding carboxylic acids is 1. The summed E-state index contributed by atoms with van der Waals surface area (Å²) in [5.41, 5.74) is 17.2. The van der Waals surface area contributed by atoms with Gasteiger partial charge in [0.15, 0.2) is 23.2 Å². The number of phenolic OH excluding ortho intramolecular Hbond substituents is 2. The molecule has 5 aliphatic rings. The smallest absolute Gasteiger partial charge is 0.186 e. The first kappa shape index (κ1) is 41.0. The molecule has 6 N–H and O–H groups in total. The molecule has 7 atom stereocenters. The number of hydrogen-bond acceptors (Lipinski definition) is 6. The number of aromatic hydroxyl groups is 2. The molecule has 0 radical (unpaired) electrons. The van der Waals surface area contributed by atoms with Crippen LogP contribution in [0.5, 0.6) is 17.2 Å². The van der Waals surface area contributed by atoms with Gasteiger partial charge < -0.3 is 31.2 Å². The van der Waals surface area contributed by atoms with Gasteiger partial charge >= 0.3 is 0 Å². The lowest BCUT2D eigenvalue weighted by Crippen LogP contribution is -2.42. The predicted octanol–water partition coefficient (Wildman–Crippen LogP) is 9.50. The van der Waals surface area contributed by atoms with Crippen LogP contribution < -0.4 is 16.2 Å². The van der Waals surface area contributed by atoms with Crippen LogP contribution in [0.15, 0.2) is 59.1 Å². The van der Waals surface area contributed by atoms with E-state index in [0.29, 0.717) is 44.0 Å². The number of benzene rings is 2. The summed E-state index contributed by atoms with van der Waals surface area (Å²) < 4.78 is 13.7. The molecule has 0 aromatic heterocycles. The molecule has 5 aliphatic carbocycles. The minimum Gasteiger partial charge on any atom is -0.508 e. The zero-order chi connectivity index (χ0) is 39.9. The van der Waals surface area contributed by atoms with Crippen LogP contribution in [-0.4, -0.2) is 46.8 Å². The topological polar surface area (TPSA) is 140 Å². The molecular weight excluding hydrogens is 711 g/mol. The molecule has 0 aliphatic heterocycles. The van der Waals surface area contributed by atoms with Gasteiger partial charge in [0.05, 0.1) is 24.9 Å². The summed E-state index contributed by atoms with van der Waals surface area (Å²) in [6.45, 7) is 5.00. The summed E-state index contributed by atoms with van der Waals surface area (Å²) in [4.78, 5) is 18.0. The maximum atomic E-state index is 13.3. The van der Waals surface area contributed by atoms with Gasteiger partial charge in [0.25, 0.3) is 0 Å². The van der Waals surface area contributed by atoms with Crippen molar-refractivity contribution in [3.05, 3.63) is 76.4 Å². The first-order valence-electron chi connectivity index (χ1n) is 22.1. The van der Waals surface area contributed by atoms with Gasteiger partial charge in [0.1, 0.15) is 5.75 Å². The number of ether oxygens (including phenoxy) is 2. The molecule has 57 heavy (non-hydrogen) atoms. The van der Waals surface area contributed by atoms with Gasteiger partial charge in [-0.2, -0.15) is 0 Å². The fourth-order valence-corrected chi connectivity index (χ4v) is 10.8. The standard InChI is InChI=1S/C49H65N3O5/c1-3-4-6-15-36(53)23-22-33-29-45(57-39-19-9-10-20-39)48(55)47-40(33)21-12-14-35(52-49(50)51)26-34-28-42-41(32-13-11-16-37(54)27-32)24-31(2)25-43(42)46(47)44(34)30-56-38-17-7-5-8-18-38/h6,11,13,15-16,27-29,31,34-35,38-39,41,43-44,46,54-55H,3-5,7-10,14,17-20,22-26,30H2,1-2H3,(H4,50,51,52). The van der Waals surface area contributed by atoms with Crippen LogP contribution in [-0.2, 0) is 16.0 Å². The molecule has 2 bridgehead atoms. The predicted molar refractivity (Wildman–Crippen MR) is 227 cm³/mol. The largest absolute Gasteiger partial charge is 0.508 e. The number of phenols is 2. The Bertz CT molecular complexity index is 1870. The van der Waals surface area contributed by atoms with Gasteiger partial charge in [-0.15, -0.1) is 0 Å². The molecule has 0 amide bonds. The van der Waals surface area contributed by atoms with Crippen LogP contribution in [0.2, 0.25) is 0 Å². The maximum absolute atomic E-state index is 13.3. The van der Waals surface area contributed by atoms with Crippen molar-refractivity contribution in [2.75, 3.05) is 6.61 Å². The second-order valence-corrected chi connectivity index (χ2v) is 17.7. The van der Waals surface area contributed by atoms with Crippen LogP contribution in [0, 0.1) is 35.5 Å². The Morgan fingerprint density at radius 2 is 1.77 bits per heavy atom. The molecule has 7 rings (SSSR count). The van der Waals surface area contributed by atoms with Gasteiger partial charge in [-0.3, -0.25) is 4.79 Å². The number of carbonyl (C=O) groups is 1. The van der Waals surface area contributed by atoms with Crippen molar-refractivity contribution >= 4 is 11.7 Å². The Morgan fingerprint density at radius 1 is 1.00 bits per heavy atom. The van der Waals surface area contributed by atoms with Crippen LogP contribution >= 0.6 is 0 Å². The van der Waals surface area contributed by atoms with Crippen LogP contribution in [0.3, 0.4) is 0 Å². The number of aryl methyl sites for hydroxylation is 1. The number of rotatable bonds is 13.